The molecule has 1 aromatic heterocycles. The summed E-state index contributed by atoms with van der Waals surface area (Å²) in [6.07, 6.45) is 4.77. The Morgan fingerprint density at radius 1 is 1.19 bits per heavy atom. The third kappa shape index (κ3) is 4.79. The number of anilines is 1. The molecule has 0 unspecified atom stereocenters. The maximum absolute atomic E-state index is 12.3. The van der Waals surface area contributed by atoms with Crippen LogP contribution in [0.5, 0.6) is 0 Å². The first-order valence-corrected chi connectivity index (χ1v) is 9.69. The largest absolute Gasteiger partial charge is 0.280 e. The van der Waals surface area contributed by atoms with E-state index in [4.69, 9.17) is 0 Å². The van der Waals surface area contributed by atoms with E-state index in [0.29, 0.717) is 10.2 Å². The van der Waals surface area contributed by atoms with E-state index in [1.807, 2.05) is 18.2 Å². The Balaban J connectivity index is 2.20. The van der Waals surface area contributed by atoms with Crippen LogP contribution in [0.3, 0.4) is 0 Å². The summed E-state index contributed by atoms with van der Waals surface area (Å²) < 4.78 is 27.8. The molecule has 4 nitrogen and oxygen atoms in total. The Hall–Kier alpha value is -0.920. The van der Waals surface area contributed by atoms with Gasteiger partial charge in [-0.2, -0.15) is 0 Å². The van der Waals surface area contributed by atoms with Gasteiger partial charge in [0.15, 0.2) is 0 Å². The highest BCUT2D eigenvalue weighted by molar-refractivity contribution is 9.10. The van der Waals surface area contributed by atoms with Gasteiger partial charge in [0.2, 0.25) is 0 Å². The lowest BCUT2D eigenvalue weighted by atomic mass is 10.1. The number of hydrogen-bond donors (Lipinski definition) is 1. The van der Waals surface area contributed by atoms with Crippen LogP contribution in [-0.4, -0.2) is 18.7 Å². The number of halogens is 2. The number of nitrogens with zero attached hydrogens (tertiary/aromatic N) is 1. The van der Waals surface area contributed by atoms with Gasteiger partial charge in [-0.25, -0.2) is 8.42 Å². The number of pyridine rings is 1. The monoisotopic (exact) mass is 432 g/mol. The van der Waals surface area contributed by atoms with E-state index in [1.54, 1.807) is 12.3 Å². The molecule has 1 N–H and O–H groups in total. The molecule has 0 aliphatic rings. The van der Waals surface area contributed by atoms with Crippen LogP contribution in [0, 0.1) is 0 Å². The van der Waals surface area contributed by atoms with Crippen molar-refractivity contribution in [2.75, 3.05) is 10.1 Å². The van der Waals surface area contributed by atoms with Crippen molar-refractivity contribution in [1.82, 2.24) is 4.98 Å². The number of nitrogens with one attached hydrogen (secondary N) is 1. The topological polar surface area (TPSA) is 59.1 Å². The summed E-state index contributed by atoms with van der Waals surface area (Å²) in [5.41, 5.74) is 1.66. The van der Waals surface area contributed by atoms with Gasteiger partial charge in [0.05, 0.1) is 0 Å². The molecule has 21 heavy (non-hydrogen) atoms. The van der Waals surface area contributed by atoms with Crippen molar-refractivity contribution < 1.29 is 8.42 Å². The van der Waals surface area contributed by atoms with Crippen molar-refractivity contribution in [3.63, 3.8) is 0 Å². The van der Waals surface area contributed by atoms with Crippen molar-refractivity contribution in [2.45, 2.75) is 17.7 Å². The summed E-state index contributed by atoms with van der Waals surface area (Å²) in [6.45, 7) is 0. The number of alkyl halides is 1. The van der Waals surface area contributed by atoms with Crippen LogP contribution in [0.2, 0.25) is 0 Å². The van der Waals surface area contributed by atoms with E-state index in [2.05, 4.69) is 41.6 Å². The third-order valence-corrected chi connectivity index (χ3v) is 5.11. The zero-order valence-corrected chi connectivity index (χ0v) is 15.1. The molecule has 2 aromatic rings. The molecular weight excluding hydrogens is 420 g/mol. The molecule has 0 fully saturated rings. The molecule has 0 spiro atoms. The lowest BCUT2D eigenvalue weighted by Gasteiger charge is -2.09. The highest BCUT2D eigenvalue weighted by atomic mass is 79.9. The van der Waals surface area contributed by atoms with Crippen LogP contribution >= 0.6 is 31.9 Å². The molecule has 0 saturated carbocycles. The minimum atomic E-state index is -3.62. The first kappa shape index (κ1) is 16.5. The lowest BCUT2D eigenvalue weighted by Crippen LogP contribution is -2.13. The fourth-order valence-electron chi connectivity index (χ4n) is 1.81. The Morgan fingerprint density at radius 3 is 2.71 bits per heavy atom. The average molecular weight is 434 g/mol. The number of sulfonamides is 1. The number of rotatable bonds is 6. The minimum Gasteiger partial charge on any atom is -0.280 e. The highest BCUT2D eigenvalue weighted by Gasteiger charge is 2.15. The standard InChI is InChI=1S/C14H14Br2N2O2S/c15-6-2-4-11-3-1-5-13(7-11)18-21(19,20)14-8-12(16)9-17-10-14/h1,3,5,7-10,18H,2,4,6H2. The number of aryl methyl sites for hydroxylation is 1. The maximum Gasteiger partial charge on any atom is 0.263 e. The van der Waals surface area contributed by atoms with Crippen molar-refractivity contribution in [1.29, 1.82) is 0 Å². The zero-order chi connectivity index (χ0) is 15.3. The van der Waals surface area contributed by atoms with Crippen molar-refractivity contribution >= 4 is 47.6 Å². The molecule has 112 valence electrons. The molecule has 0 aliphatic carbocycles. The molecule has 0 radical (unpaired) electrons. The maximum atomic E-state index is 12.3. The average Bonchev–Trinajstić information content (AvgIpc) is 2.45. The molecule has 0 atom stereocenters. The fourth-order valence-corrected chi connectivity index (χ4v) is 3.65. The molecule has 0 saturated heterocycles. The Bertz CT molecular complexity index is 720. The smallest absolute Gasteiger partial charge is 0.263 e. The SMILES string of the molecule is O=S(=O)(Nc1cccc(CCCBr)c1)c1cncc(Br)c1. The number of aromatic nitrogens is 1. The Labute approximate surface area is 141 Å². The molecule has 1 heterocycles. The van der Waals surface area contributed by atoms with Crippen LogP contribution in [0.4, 0.5) is 5.69 Å². The van der Waals surface area contributed by atoms with Crippen LogP contribution in [0.15, 0.2) is 52.1 Å². The fraction of sp³-hybridized carbons (Fsp3) is 0.214. The van der Waals surface area contributed by atoms with Gasteiger partial charge in [0.25, 0.3) is 10.0 Å². The van der Waals surface area contributed by atoms with Crippen molar-refractivity contribution in [3.8, 4) is 0 Å². The third-order valence-electron chi connectivity index (χ3n) is 2.77. The van der Waals surface area contributed by atoms with E-state index >= 15 is 0 Å². The van der Waals surface area contributed by atoms with Gasteiger partial charge in [-0.3, -0.25) is 9.71 Å². The van der Waals surface area contributed by atoms with Gasteiger partial charge in [0.1, 0.15) is 4.90 Å². The summed E-state index contributed by atoms with van der Waals surface area (Å²) in [6, 6.07) is 8.94. The first-order chi connectivity index (χ1) is 10.0. The van der Waals surface area contributed by atoms with E-state index < -0.39 is 10.0 Å². The van der Waals surface area contributed by atoms with E-state index in [1.165, 1.54) is 12.3 Å². The van der Waals surface area contributed by atoms with E-state index in [0.717, 1.165) is 23.7 Å². The summed E-state index contributed by atoms with van der Waals surface area (Å²) in [5.74, 6) is 0. The summed E-state index contributed by atoms with van der Waals surface area (Å²) in [5, 5.41) is 0.923. The summed E-state index contributed by atoms with van der Waals surface area (Å²) in [7, 11) is -3.62. The van der Waals surface area contributed by atoms with Crippen LogP contribution in [-0.2, 0) is 16.4 Å². The molecule has 7 heteroatoms. The number of hydrogen-bond acceptors (Lipinski definition) is 3. The van der Waals surface area contributed by atoms with Gasteiger partial charge < -0.3 is 0 Å². The van der Waals surface area contributed by atoms with Crippen LogP contribution in [0.1, 0.15) is 12.0 Å². The van der Waals surface area contributed by atoms with Gasteiger partial charge in [0, 0.05) is 27.9 Å². The lowest BCUT2D eigenvalue weighted by molar-refractivity contribution is 0.600. The van der Waals surface area contributed by atoms with Crippen molar-refractivity contribution in [2.24, 2.45) is 0 Å². The van der Waals surface area contributed by atoms with Gasteiger partial charge in [-0.15, -0.1) is 0 Å². The highest BCUT2D eigenvalue weighted by Crippen LogP contribution is 2.19. The minimum absolute atomic E-state index is 0.128. The second-order valence-electron chi connectivity index (χ2n) is 4.44. The molecule has 2 rings (SSSR count). The Kier molecular flexibility index (Phi) is 5.78. The predicted octanol–water partition coefficient (Wildman–Crippen LogP) is 3.97. The summed E-state index contributed by atoms with van der Waals surface area (Å²) in [4.78, 5) is 4.01. The predicted molar refractivity (Wildman–Crippen MR) is 91.3 cm³/mol. The second-order valence-corrected chi connectivity index (χ2v) is 7.83. The zero-order valence-electron chi connectivity index (χ0n) is 11.1. The van der Waals surface area contributed by atoms with Gasteiger partial charge in [-0.1, -0.05) is 28.1 Å². The second kappa shape index (κ2) is 7.38. The Morgan fingerprint density at radius 2 is 2.00 bits per heavy atom. The molecular formula is C14H14Br2N2O2S. The van der Waals surface area contributed by atoms with E-state index in [9.17, 15) is 8.42 Å². The normalized spacial score (nSPS) is 11.3. The molecule has 0 amide bonds. The van der Waals surface area contributed by atoms with Crippen molar-refractivity contribution in [3.05, 3.63) is 52.8 Å². The van der Waals surface area contributed by atoms with E-state index in [-0.39, 0.29) is 4.90 Å². The summed E-state index contributed by atoms with van der Waals surface area (Å²) >= 11 is 6.61. The quantitative estimate of drug-likeness (QED) is 0.701. The van der Waals surface area contributed by atoms with Crippen LogP contribution in [0.25, 0.3) is 0 Å². The van der Waals surface area contributed by atoms with Gasteiger partial charge in [-0.05, 0) is 52.5 Å². The molecule has 1 aromatic carbocycles. The molecule has 0 aliphatic heterocycles. The first-order valence-electron chi connectivity index (χ1n) is 6.29. The molecule has 0 bridgehead atoms. The van der Waals surface area contributed by atoms with Gasteiger partial charge >= 0.3 is 0 Å². The van der Waals surface area contributed by atoms with Crippen LogP contribution < -0.4 is 4.72 Å². The number of benzene rings is 1.